The van der Waals surface area contributed by atoms with Gasteiger partial charge in [-0.1, -0.05) is 135 Å². The minimum atomic E-state index is -0.0893. The van der Waals surface area contributed by atoms with Crippen LogP contribution in [0.3, 0.4) is 0 Å². The van der Waals surface area contributed by atoms with E-state index in [9.17, 15) is 0 Å². The zero-order valence-electron chi connectivity index (χ0n) is 32.5. The molecule has 0 bridgehead atoms. The Hall–Kier alpha value is -7.63. The van der Waals surface area contributed by atoms with E-state index in [1.54, 1.807) is 0 Å². The second-order valence-electron chi connectivity index (χ2n) is 16.0. The van der Waals surface area contributed by atoms with Gasteiger partial charge in [0, 0.05) is 55.4 Å². The molecule has 5 nitrogen and oxygen atoms in total. The third-order valence-corrected chi connectivity index (χ3v) is 12.3. The van der Waals surface area contributed by atoms with Crippen molar-refractivity contribution < 1.29 is 4.42 Å². The number of rotatable bonds is 5. The molecule has 0 saturated carbocycles. The molecule has 3 heterocycles. The van der Waals surface area contributed by atoms with E-state index < -0.39 is 0 Å². The van der Waals surface area contributed by atoms with Crippen molar-refractivity contribution in [2.75, 3.05) is 0 Å². The molecule has 12 rings (SSSR count). The van der Waals surface area contributed by atoms with Gasteiger partial charge in [-0.05, 0) is 88.0 Å². The number of fused-ring (bicyclic) bond motifs is 9. The summed E-state index contributed by atoms with van der Waals surface area (Å²) in [6.45, 7) is 4.68. The van der Waals surface area contributed by atoms with Crippen LogP contribution in [0, 0.1) is 0 Å². The maximum atomic E-state index is 6.41. The number of furan rings is 1. The molecule has 0 radical (unpaired) electrons. The molecule has 1 aliphatic carbocycles. The molecule has 0 saturated heterocycles. The highest BCUT2D eigenvalue weighted by molar-refractivity contribution is 6.12. The van der Waals surface area contributed by atoms with Gasteiger partial charge in [0.05, 0.1) is 11.0 Å². The van der Waals surface area contributed by atoms with E-state index >= 15 is 0 Å². The van der Waals surface area contributed by atoms with E-state index in [0.29, 0.717) is 17.5 Å². The first-order valence-electron chi connectivity index (χ1n) is 20.1. The lowest BCUT2D eigenvalue weighted by molar-refractivity contribution is 0.660. The zero-order valence-corrected chi connectivity index (χ0v) is 32.5. The number of aromatic nitrogens is 4. The SMILES string of the molecule is CC1(C)c2ccccc2-c2ccc(-c3ccc4c(c3)c3cc(-c5nc(-c6ccccc6)nc(-c6ccccc6)n5)ccc3n4-c3ccc4c(c3)oc3ccccc34)cc21. The van der Waals surface area contributed by atoms with Crippen molar-refractivity contribution in [3.8, 4) is 62.1 Å². The van der Waals surface area contributed by atoms with Gasteiger partial charge in [0.15, 0.2) is 17.5 Å². The van der Waals surface area contributed by atoms with Crippen molar-refractivity contribution in [1.82, 2.24) is 19.5 Å². The van der Waals surface area contributed by atoms with Gasteiger partial charge in [-0.15, -0.1) is 0 Å². The van der Waals surface area contributed by atoms with Gasteiger partial charge in [0.1, 0.15) is 11.2 Å². The Kier molecular flexibility index (Phi) is 7.20. The molecule has 8 aromatic carbocycles. The molecule has 0 spiro atoms. The van der Waals surface area contributed by atoms with Crippen LogP contribution in [0.5, 0.6) is 0 Å². The summed E-state index contributed by atoms with van der Waals surface area (Å²) in [7, 11) is 0. The number of hydrogen-bond donors (Lipinski definition) is 0. The summed E-state index contributed by atoms with van der Waals surface area (Å²) >= 11 is 0. The molecule has 278 valence electrons. The smallest absolute Gasteiger partial charge is 0.164 e. The highest BCUT2D eigenvalue weighted by Crippen LogP contribution is 2.50. The second-order valence-corrected chi connectivity index (χ2v) is 16.0. The van der Waals surface area contributed by atoms with Crippen LogP contribution in [0.15, 0.2) is 186 Å². The van der Waals surface area contributed by atoms with Crippen molar-refractivity contribution >= 4 is 43.7 Å². The second kappa shape index (κ2) is 12.7. The maximum Gasteiger partial charge on any atom is 0.164 e. The first kappa shape index (κ1) is 33.5. The summed E-state index contributed by atoms with van der Waals surface area (Å²) in [6, 6.07) is 64.3. The number of benzene rings is 8. The predicted octanol–water partition coefficient (Wildman–Crippen LogP) is 13.8. The van der Waals surface area contributed by atoms with Crippen LogP contribution in [0.1, 0.15) is 25.0 Å². The van der Waals surface area contributed by atoms with Crippen LogP contribution < -0.4 is 0 Å². The van der Waals surface area contributed by atoms with E-state index in [0.717, 1.165) is 66.1 Å². The normalized spacial score (nSPS) is 13.1. The van der Waals surface area contributed by atoms with Crippen LogP contribution >= 0.6 is 0 Å². The van der Waals surface area contributed by atoms with Crippen molar-refractivity contribution in [2.24, 2.45) is 0 Å². The first-order chi connectivity index (χ1) is 29.0. The fraction of sp³-hybridized carbons (Fsp3) is 0.0556. The van der Waals surface area contributed by atoms with Gasteiger partial charge in [0.25, 0.3) is 0 Å². The average Bonchev–Trinajstić information content (AvgIpc) is 3.91. The third-order valence-electron chi connectivity index (χ3n) is 12.3. The van der Waals surface area contributed by atoms with E-state index in [1.165, 1.54) is 33.4 Å². The van der Waals surface area contributed by atoms with Crippen LogP contribution in [0.4, 0.5) is 0 Å². The number of hydrogen-bond acceptors (Lipinski definition) is 4. The standard InChI is InChI=1S/C54H36N4O/c1-54(2)45-19-11-9-17-39(45)40-25-21-36(31-46(40)54)35-22-27-47-43(29-35)44-30-37(53-56-51(33-13-5-3-6-14-33)55-52(57-53)34-15-7-4-8-16-34)23-28-48(44)58(47)38-24-26-42-41-18-10-12-20-49(41)59-50(42)32-38/h3-32H,1-2H3. The lowest BCUT2D eigenvalue weighted by Crippen LogP contribution is -2.14. The first-order valence-corrected chi connectivity index (χ1v) is 20.1. The Bertz CT molecular complexity index is 3410. The van der Waals surface area contributed by atoms with Crippen molar-refractivity contribution in [3.63, 3.8) is 0 Å². The topological polar surface area (TPSA) is 56.7 Å². The summed E-state index contributed by atoms with van der Waals surface area (Å²) in [5.41, 5.74) is 15.4. The lowest BCUT2D eigenvalue weighted by atomic mass is 9.81. The van der Waals surface area contributed by atoms with Crippen molar-refractivity contribution in [3.05, 3.63) is 193 Å². The minimum Gasteiger partial charge on any atom is -0.456 e. The number of para-hydroxylation sites is 1. The van der Waals surface area contributed by atoms with Gasteiger partial charge < -0.3 is 8.98 Å². The van der Waals surface area contributed by atoms with Gasteiger partial charge in [-0.25, -0.2) is 15.0 Å². The van der Waals surface area contributed by atoms with Crippen LogP contribution in [0.2, 0.25) is 0 Å². The quantitative estimate of drug-likeness (QED) is 0.175. The van der Waals surface area contributed by atoms with E-state index in [4.69, 9.17) is 19.4 Å². The van der Waals surface area contributed by atoms with Crippen molar-refractivity contribution in [2.45, 2.75) is 19.3 Å². The zero-order chi connectivity index (χ0) is 39.2. The maximum absolute atomic E-state index is 6.41. The highest BCUT2D eigenvalue weighted by Gasteiger charge is 2.35. The number of nitrogens with zero attached hydrogens (tertiary/aromatic N) is 4. The fourth-order valence-electron chi connectivity index (χ4n) is 9.30. The summed E-state index contributed by atoms with van der Waals surface area (Å²) < 4.78 is 8.76. The highest BCUT2D eigenvalue weighted by atomic mass is 16.3. The molecule has 0 fully saturated rings. The van der Waals surface area contributed by atoms with Gasteiger partial charge in [0.2, 0.25) is 0 Å². The van der Waals surface area contributed by atoms with Gasteiger partial charge >= 0.3 is 0 Å². The molecule has 0 unspecified atom stereocenters. The van der Waals surface area contributed by atoms with E-state index in [1.807, 2.05) is 72.8 Å². The summed E-state index contributed by atoms with van der Waals surface area (Å²) in [6.07, 6.45) is 0. The molecular weight excluding hydrogens is 721 g/mol. The van der Waals surface area contributed by atoms with Crippen LogP contribution in [-0.4, -0.2) is 19.5 Å². The Morgan fingerprint density at radius 3 is 1.66 bits per heavy atom. The summed E-state index contributed by atoms with van der Waals surface area (Å²) in [4.78, 5) is 15.1. The largest absolute Gasteiger partial charge is 0.456 e. The minimum absolute atomic E-state index is 0.0893. The Morgan fingerprint density at radius 2 is 0.932 bits per heavy atom. The molecule has 5 heteroatoms. The monoisotopic (exact) mass is 756 g/mol. The molecule has 59 heavy (non-hydrogen) atoms. The van der Waals surface area contributed by atoms with Crippen LogP contribution in [-0.2, 0) is 5.41 Å². The van der Waals surface area contributed by atoms with E-state index in [-0.39, 0.29) is 5.41 Å². The summed E-state index contributed by atoms with van der Waals surface area (Å²) in [5, 5.41) is 4.48. The molecule has 0 atom stereocenters. The molecule has 3 aromatic heterocycles. The van der Waals surface area contributed by atoms with E-state index in [2.05, 4.69) is 128 Å². The third kappa shape index (κ3) is 5.21. The molecule has 1 aliphatic rings. The molecule has 0 aliphatic heterocycles. The summed E-state index contributed by atoms with van der Waals surface area (Å²) in [5.74, 6) is 1.90. The Balaban J connectivity index is 1.08. The Morgan fingerprint density at radius 1 is 0.390 bits per heavy atom. The lowest BCUT2D eigenvalue weighted by Gasteiger charge is -2.22. The van der Waals surface area contributed by atoms with Crippen LogP contribution in [0.25, 0.3) is 106 Å². The molecular formula is C54H36N4O. The average molecular weight is 757 g/mol. The molecule has 11 aromatic rings. The fourth-order valence-corrected chi connectivity index (χ4v) is 9.30. The molecule has 0 amide bonds. The van der Waals surface area contributed by atoms with Gasteiger partial charge in [-0.2, -0.15) is 0 Å². The Labute approximate surface area is 340 Å². The molecule has 0 N–H and O–H groups in total. The predicted molar refractivity (Wildman–Crippen MR) is 241 cm³/mol. The van der Waals surface area contributed by atoms with Gasteiger partial charge in [-0.3, -0.25) is 0 Å². The van der Waals surface area contributed by atoms with Crippen molar-refractivity contribution in [1.29, 1.82) is 0 Å².